The molecule has 3 N–H and O–H groups in total. The van der Waals surface area contributed by atoms with Crippen LogP contribution >= 0.6 is 11.6 Å². The van der Waals surface area contributed by atoms with Gasteiger partial charge in [-0.2, -0.15) is 5.26 Å². The van der Waals surface area contributed by atoms with Crippen molar-refractivity contribution in [3.63, 3.8) is 0 Å². The van der Waals surface area contributed by atoms with Gasteiger partial charge in [0.05, 0.1) is 10.4 Å². The molecule has 2 bridgehead atoms. The summed E-state index contributed by atoms with van der Waals surface area (Å²) in [7, 11) is 0. The first-order valence-electron chi connectivity index (χ1n) is 9.50. The van der Waals surface area contributed by atoms with Crippen LogP contribution in [-0.4, -0.2) is 34.4 Å². The highest BCUT2D eigenvalue weighted by Crippen LogP contribution is 2.67. The van der Waals surface area contributed by atoms with Crippen LogP contribution < -0.4 is 15.4 Å². The van der Waals surface area contributed by atoms with Gasteiger partial charge in [0.2, 0.25) is 5.91 Å². The predicted molar refractivity (Wildman–Crippen MR) is 106 cm³/mol. The number of hydrogen-bond donors (Lipinski definition) is 3. The molecule has 1 amide bonds. The summed E-state index contributed by atoms with van der Waals surface area (Å²) >= 11 is 5.63. The summed E-state index contributed by atoms with van der Waals surface area (Å²) in [6, 6.07) is 9.42. The van der Waals surface area contributed by atoms with Gasteiger partial charge in [0.15, 0.2) is 0 Å². The Hall–Kier alpha value is -2.73. The Morgan fingerprint density at radius 1 is 1.37 bits per heavy atom. The molecule has 5 rings (SSSR count). The molecule has 3 aliphatic carbocycles. The van der Waals surface area contributed by atoms with Crippen molar-refractivity contribution < 1.29 is 19.0 Å². The third-order valence-corrected chi connectivity index (χ3v) is 5.98. The Labute approximate surface area is 177 Å². The highest BCUT2D eigenvalue weighted by atomic mass is 35.5. The van der Waals surface area contributed by atoms with Crippen molar-refractivity contribution in [3.8, 4) is 11.8 Å². The Bertz CT molecular complexity index is 989. The van der Waals surface area contributed by atoms with Crippen LogP contribution in [0.2, 0.25) is 5.02 Å². The van der Waals surface area contributed by atoms with E-state index < -0.39 is 17.5 Å². The molecule has 0 aliphatic heterocycles. The van der Waals surface area contributed by atoms with Gasteiger partial charge >= 0.3 is 0 Å². The van der Waals surface area contributed by atoms with E-state index >= 15 is 0 Å². The van der Waals surface area contributed by atoms with Crippen LogP contribution in [0.5, 0.6) is 5.75 Å². The smallest absolute Gasteiger partial charge is 0.226 e. The number of nitrogens with one attached hydrogen (secondary N) is 2. The van der Waals surface area contributed by atoms with Crippen molar-refractivity contribution in [1.29, 1.82) is 5.26 Å². The van der Waals surface area contributed by atoms with E-state index in [0.717, 1.165) is 5.56 Å². The van der Waals surface area contributed by atoms with Crippen molar-refractivity contribution in [2.45, 2.75) is 37.6 Å². The minimum Gasteiger partial charge on any atom is -0.489 e. The zero-order chi connectivity index (χ0) is 21.4. The monoisotopic (exact) mass is 430 g/mol. The van der Waals surface area contributed by atoms with Gasteiger partial charge in [-0.1, -0.05) is 17.7 Å². The Morgan fingerprint density at radius 2 is 2.13 bits per heavy atom. The molecule has 3 saturated carbocycles. The summed E-state index contributed by atoms with van der Waals surface area (Å²) < 4.78 is 18.8. The molecule has 156 valence electrons. The molecule has 9 heteroatoms. The lowest BCUT2D eigenvalue weighted by molar-refractivity contribution is -0.190. The lowest BCUT2D eigenvalue weighted by Gasteiger charge is -2.69. The third-order valence-electron chi connectivity index (χ3n) is 5.68. The number of aliphatic hydroxyl groups is 1. The number of aromatic nitrogens is 1. The number of aliphatic hydroxyl groups excluding tert-OH is 1. The van der Waals surface area contributed by atoms with Crippen LogP contribution in [-0.2, 0) is 11.3 Å². The molecule has 3 aliphatic rings. The van der Waals surface area contributed by atoms with E-state index in [4.69, 9.17) is 21.6 Å². The molecule has 0 spiro atoms. The van der Waals surface area contributed by atoms with Crippen LogP contribution in [0.3, 0.4) is 0 Å². The lowest BCUT2D eigenvalue weighted by atomic mass is 9.39. The van der Waals surface area contributed by atoms with Crippen molar-refractivity contribution in [3.05, 3.63) is 58.6 Å². The standard InChI is InChI=1S/C21H20ClFN4O3/c22-16-4-3-15(5-17(16)23)30-9-18(28)27-21-10-20(11-21,12-21)19(29)26-8-13-1-2-14(6-24)25-7-13/h1-5,7,18,27-28H,8-12H2,(H,26,29). The van der Waals surface area contributed by atoms with E-state index in [1.165, 1.54) is 18.2 Å². The van der Waals surface area contributed by atoms with Gasteiger partial charge in [0.1, 0.15) is 36.2 Å². The number of carbonyl (C=O) groups is 1. The Balaban J connectivity index is 1.20. The second-order valence-corrected chi connectivity index (χ2v) is 8.39. The minimum atomic E-state index is -0.935. The van der Waals surface area contributed by atoms with Crippen molar-refractivity contribution in [2.24, 2.45) is 5.41 Å². The minimum absolute atomic E-state index is 0.00825. The highest BCUT2D eigenvalue weighted by Gasteiger charge is 2.71. The van der Waals surface area contributed by atoms with E-state index in [9.17, 15) is 14.3 Å². The van der Waals surface area contributed by atoms with Gasteiger partial charge in [-0.15, -0.1) is 0 Å². The highest BCUT2D eigenvalue weighted by molar-refractivity contribution is 6.30. The van der Waals surface area contributed by atoms with Crippen LogP contribution in [0.4, 0.5) is 4.39 Å². The topological polar surface area (TPSA) is 107 Å². The Kier molecular flexibility index (Phi) is 5.36. The fourth-order valence-corrected chi connectivity index (χ4v) is 4.40. The SMILES string of the molecule is N#Cc1ccc(CNC(=O)C23CC(NC(O)COc4ccc(Cl)c(F)c4)(C2)C3)cn1. The number of hydrogen-bond acceptors (Lipinski definition) is 6. The zero-order valence-electron chi connectivity index (χ0n) is 16.0. The van der Waals surface area contributed by atoms with E-state index in [1.54, 1.807) is 18.3 Å². The number of halogens is 2. The van der Waals surface area contributed by atoms with E-state index in [0.29, 0.717) is 31.5 Å². The molecule has 7 nitrogen and oxygen atoms in total. The van der Waals surface area contributed by atoms with Gasteiger partial charge < -0.3 is 15.2 Å². The number of nitrogens with zero attached hydrogens (tertiary/aromatic N) is 2. The first-order valence-corrected chi connectivity index (χ1v) is 9.88. The molecule has 3 fully saturated rings. The van der Waals surface area contributed by atoms with Gasteiger partial charge in [-0.25, -0.2) is 9.37 Å². The first kappa shape index (κ1) is 20.5. The summed E-state index contributed by atoms with van der Waals surface area (Å²) in [6.45, 7) is 0.307. The van der Waals surface area contributed by atoms with Gasteiger partial charge in [-0.05, 0) is 43.0 Å². The molecule has 1 heterocycles. The van der Waals surface area contributed by atoms with Gasteiger partial charge in [0.25, 0.3) is 0 Å². The maximum absolute atomic E-state index is 13.4. The number of benzene rings is 1. The van der Waals surface area contributed by atoms with E-state index in [1.807, 2.05) is 6.07 Å². The summed E-state index contributed by atoms with van der Waals surface area (Å²) in [5.41, 5.74) is 0.503. The third kappa shape index (κ3) is 3.97. The van der Waals surface area contributed by atoms with E-state index in [-0.39, 0.29) is 28.8 Å². The summed E-state index contributed by atoms with van der Waals surface area (Å²) in [6.07, 6.45) is 2.57. The van der Waals surface area contributed by atoms with Gasteiger partial charge in [0, 0.05) is 24.3 Å². The molecule has 1 atom stereocenters. The summed E-state index contributed by atoms with van der Waals surface area (Å²) in [5.74, 6) is -0.317. The molecular weight excluding hydrogens is 411 g/mol. The molecule has 1 unspecified atom stereocenters. The van der Waals surface area contributed by atoms with Crippen LogP contribution in [0.25, 0.3) is 0 Å². The number of pyridine rings is 1. The number of amides is 1. The fourth-order valence-electron chi connectivity index (χ4n) is 4.28. The largest absolute Gasteiger partial charge is 0.489 e. The first-order chi connectivity index (χ1) is 14.3. The number of ether oxygens (including phenoxy) is 1. The average molecular weight is 431 g/mol. The van der Waals surface area contributed by atoms with Gasteiger partial charge in [-0.3, -0.25) is 10.1 Å². The fraction of sp³-hybridized carbons (Fsp3) is 0.381. The summed E-state index contributed by atoms with van der Waals surface area (Å²) in [5, 5.41) is 25.0. The lowest BCUT2D eigenvalue weighted by Crippen LogP contribution is -2.79. The van der Waals surface area contributed by atoms with Crippen LogP contribution in [0.1, 0.15) is 30.5 Å². The van der Waals surface area contributed by atoms with Crippen molar-refractivity contribution in [2.75, 3.05) is 6.61 Å². The van der Waals surface area contributed by atoms with Crippen molar-refractivity contribution in [1.82, 2.24) is 15.6 Å². The number of nitriles is 1. The normalized spacial score (nSPS) is 24.7. The maximum atomic E-state index is 13.4. The number of carbonyl (C=O) groups excluding carboxylic acids is 1. The molecule has 2 aromatic rings. The van der Waals surface area contributed by atoms with Crippen LogP contribution in [0, 0.1) is 22.6 Å². The average Bonchev–Trinajstić information content (AvgIpc) is 2.69. The maximum Gasteiger partial charge on any atom is 0.226 e. The second kappa shape index (κ2) is 7.84. The van der Waals surface area contributed by atoms with Crippen molar-refractivity contribution >= 4 is 17.5 Å². The summed E-state index contributed by atoms with van der Waals surface area (Å²) in [4.78, 5) is 16.5. The quantitative estimate of drug-likeness (QED) is 0.554. The second-order valence-electron chi connectivity index (χ2n) is 7.98. The Morgan fingerprint density at radius 3 is 2.77 bits per heavy atom. The molecular formula is C21H20ClFN4O3. The molecule has 1 aromatic heterocycles. The molecule has 1 aromatic carbocycles. The molecule has 0 radical (unpaired) electrons. The number of rotatable bonds is 8. The predicted octanol–water partition coefficient (Wildman–Crippen LogP) is 2.27. The van der Waals surface area contributed by atoms with E-state index in [2.05, 4.69) is 15.6 Å². The molecule has 30 heavy (non-hydrogen) atoms. The van der Waals surface area contributed by atoms with Crippen LogP contribution in [0.15, 0.2) is 36.5 Å². The zero-order valence-corrected chi connectivity index (χ0v) is 16.7. The molecule has 0 saturated heterocycles.